The number of fused-ring (bicyclic) bond motifs is 1. The number of hydrogen-bond donors (Lipinski definition) is 0. The Balaban J connectivity index is 1.66. The molecule has 33 heavy (non-hydrogen) atoms. The van der Waals surface area contributed by atoms with E-state index in [1.54, 1.807) is 17.7 Å². The Kier molecular flexibility index (Phi) is 6.59. The first-order chi connectivity index (χ1) is 15.9. The fraction of sp³-hybridized carbons (Fsp3) is 0.321. The SMILES string of the molecule is CC/C=C(/C(C)=C\c1nc(C)cc(=O)n1C)N1CCc2ncc(-c3ccccc3C)cc2C1. The van der Waals surface area contributed by atoms with E-state index >= 15 is 0 Å². The molecule has 0 spiro atoms. The number of aromatic nitrogens is 3. The van der Waals surface area contributed by atoms with E-state index in [0.29, 0.717) is 5.82 Å². The molecule has 0 aliphatic carbocycles. The van der Waals surface area contributed by atoms with Crippen molar-refractivity contribution in [3.05, 3.63) is 98.6 Å². The summed E-state index contributed by atoms with van der Waals surface area (Å²) in [6, 6.07) is 12.3. The lowest BCUT2D eigenvalue weighted by molar-refractivity contribution is 0.324. The van der Waals surface area contributed by atoms with Gasteiger partial charge in [0.1, 0.15) is 5.82 Å². The molecule has 4 rings (SSSR count). The van der Waals surface area contributed by atoms with Crippen LogP contribution in [0.1, 0.15) is 48.6 Å². The van der Waals surface area contributed by atoms with Crippen LogP contribution in [0.3, 0.4) is 0 Å². The summed E-state index contributed by atoms with van der Waals surface area (Å²) in [5.41, 5.74) is 9.12. The zero-order valence-corrected chi connectivity index (χ0v) is 20.2. The largest absolute Gasteiger partial charge is 0.367 e. The molecule has 0 atom stereocenters. The van der Waals surface area contributed by atoms with Gasteiger partial charge in [0.2, 0.25) is 0 Å². The van der Waals surface area contributed by atoms with E-state index in [4.69, 9.17) is 4.98 Å². The Morgan fingerprint density at radius 3 is 2.73 bits per heavy atom. The van der Waals surface area contributed by atoms with E-state index in [0.717, 1.165) is 37.2 Å². The van der Waals surface area contributed by atoms with E-state index < -0.39 is 0 Å². The molecule has 1 aliphatic rings. The molecule has 170 valence electrons. The minimum absolute atomic E-state index is 0.0377. The number of allylic oxidation sites excluding steroid dienone is 2. The molecule has 0 radical (unpaired) electrons. The van der Waals surface area contributed by atoms with Gasteiger partial charge in [-0.25, -0.2) is 4.98 Å². The summed E-state index contributed by atoms with van der Waals surface area (Å²) >= 11 is 0. The molecule has 0 bridgehead atoms. The van der Waals surface area contributed by atoms with Crippen molar-refractivity contribution in [2.75, 3.05) is 6.54 Å². The Morgan fingerprint density at radius 1 is 1.18 bits per heavy atom. The number of pyridine rings is 1. The van der Waals surface area contributed by atoms with Gasteiger partial charge in [0.15, 0.2) is 0 Å². The van der Waals surface area contributed by atoms with Gasteiger partial charge in [-0.05, 0) is 61.6 Å². The van der Waals surface area contributed by atoms with Gasteiger partial charge < -0.3 is 4.90 Å². The van der Waals surface area contributed by atoms with Crippen molar-refractivity contribution in [1.82, 2.24) is 19.4 Å². The third-order valence-electron chi connectivity index (χ3n) is 6.28. The van der Waals surface area contributed by atoms with E-state index in [1.807, 2.05) is 19.2 Å². The van der Waals surface area contributed by atoms with Gasteiger partial charge >= 0.3 is 0 Å². The van der Waals surface area contributed by atoms with Gasteiger partial charge in [0, 0.05) is 61.5 Å². The first-order valence-corrected chi connectivity index (χ1v) is 11.6. The summed E-state index contributed by atoms with van der Waals surface area (Å²) in [6.07, 6.45) is 8.15. The molecule has 5 nitrogen and oxygen atoms in total. The highest BCUT2D eigenvalue weighted by Crippen LogP contribution is 2.29. The van der Waals surface area contributed by atoms with Crippen LogP contribution in [0.25, 0.3) is 17.2 Å². The van der Waals surface area contributed by atoms with Crippen LogP contribution >= 0.6 is 0 Å². The molecule has 0 saturated carbocycles. The average molecular weight is 441 g/mol. The second kappa shape index (κ2) is 9.57. The Labute approximate surface area is 196 Å². The number of aryl methyl sites for hydroxylation is 2. The second-order valence-corrected chi connectivity index (χ2v) is 8.79. The van der Waals surface area contributed by atoms with Crippen LogP contribution in [0.4, 0.5) is 0 Å². The topological polar surface area (TPSA) is 51.0 Å². The van der Waals surface area contributed by atoms with Crippen LogP contribution < -0.4 is 5.56 Å². The molecule has 0 unspecified atom stereocenters. The van der Waals surface area contributed by atoms with Crippen molar-refractivity contribution in [3.63, 3.8) is 0 Å². The zero-order chi connectivity index (χ0) is 23.5. The van der Waals surface area contributed by atoms with Crippen molar-refractivity contribution >= 4 is 6.08 Å². The van der Waals surface area contributed by atoms with Gasteiger partial charge in [-0.2, -0.15) is 0 Å². The lowest BCUT2D eigenvalue weighted by Crippen LogP contribution is -2.31. The van der Waals surface area contributed by atoms with E-state index in [1.165, 1.54) is 33.6 Å². The highest BCUT2D eigenvalue weighted by atomic mass is 16.1. The zero-order valence-electron chi connectivity index (χ0n) is 20.2. The summed E-state index contributed by atoms with van der Waals surface area (Å²) < 4.78 is 1.60. The predicted octanol–water partition coefficient (Wildman–Crippen LogP) is 5.21. The summed E-state index contributed by atoms with van der Waals surface area (Å²) in [5, 5.41) is 0. The summed E-state index contributed by atoms with van der Waals surface area (Å²) in [7, 11) is 1.77. The van der Waals surface area contributed by atoms with Crippen LogP contribution in [0, 0.1) is 13.8 Å². The van der Waals surface area contributed by atoms with Crippen molar-refractivity contribution in [3.8, 4) is 11.1 Å². The predicted molar refractivity (Wildman–Crippen MR) is 135 cm³/mol. The maximum absolute atomic E-state index is 12.2. The smallest absolute Gasteiger partial charge is 0.253 e. The molecule has 5 heteroatoms. The first kappa shape index (κ1) is 22.7. The van der Waals surface area contributed by atoms with Gasteiger partial charge in [-0.1, -0.05) is 37.3 Å². The quantitative estimate of drug-likeness (QED) is 0.511. The third kappa shape index (κ3) is 4.82. The van der Waals surface area contributed by atoms with Crippen LogP contribution in [0.5, 0.6) is 0 Å². The fourth-order valence-corrected chi connectivity index (χ4v) is 4.48. The van der Waals surface area contributed by atoms with Crippen LogP contribution in [0.15, 0.2) is 64.7 Å². The number of nitrogens with zero attached hydrogens (tertiary/aromatic N) is 4. The summed E-state index contributed by atoms with van der Waals surface area (Å²) in [4.78, 5) is 24.0. The molecule has 0 N–H and O–H groups in total. The van der Waals surface area contributed by atoms with Gasteiger partial charge in [-0.3, -0.25) is 14.3 Å². The Bertz CT molecular complexity index is 1300. The standard InChI is InChI=1S/C28H32N4O/c1-6-9-26(20(3)14-27-30-21(4)15-28(33)31(27)5)32-13-12-25-23(18-32)16-22(17-29-25)24-11-8-7-10-19(24)2/h7-11,14-17H,6,12-13,18H2,1-5H3/b20-14-,26-9-. The normalized spacial score (nSPS) is 14.4. The first-order valence-electron chi connectivity index (χ1n) is 11.6. The lowest BCUT2D eigenvalue weighted by atomic mass is 9.97. The maximum atomic E-state index is 12.2. The van der Waals surface area contributed by atoms with Gasteiger partial charge in [-0.15, -0.1) is 0 Å². The van der Waals surface area contributed by atoms with Crippen molar-refractivity contribution in [1.29, 1.82) is 0 Å². The molecule has 1 aliphatic heterocycles. The molecule has 3 heterocycles. The Morgan fingerprint density at radius 2 is 1.97 bits per heavy atom. The van der Waals surface area contributed by atoms with Gasteiger partial charge in [0.05, 0.1) is 0 Å². The van der Waals surface area contributed by atoms with Crippen LogP contribution in [-0.4, -0.2) is 26.0 Å². The molecular formula is C28H32N4O. The fourth-order valence-electron chi connectivity index (χ4n) is 4.48. The highest BCUT2D eigenvalue weighted by Gasteiger charge is 2.21. The minimum Gasteiger partial charge on any atom is -0.367 e. The number of rotatable bonds is 5. The molecule has 3 aromatic rings. The van der Waals surface area contributed by atoms with Crippen molar-refractivity contribution in [2.24, 2.45) is 7.05 Å². The molecule has 2 aromatic heterocycles. The van der Waals surface area contributed by atoms with Crippen molar-refractivity contribution in [2.45, 2.75) is 47.1 Å². The number of benzene rings is 1. The van der Waals surface area contributed by atoms with Gasteiger partial charge in [0.25, 0.3) is 5.56 Å². The monoisotopic (exact) mass is 440 g/mol. The molecular weight excluding hydrogens is 408 g/mol. The minimum atomic E-state index is -0.0377. The van der Waals surface area contributed by atoms with E-state index in [2.05, 4.69) is 67.1 Å². The van der Waals surface area contributed by atoms with Crippen LogP contribution in [0.2, 0.25) is 0 Å². The molecule has 0 saturated heterocycles. The number of hydrogen-bond acceptors (Lipinski definition) is 4. The van der Waals surface area contributed by atoms with Crippen molar-refractivity contribution < 1.29 is 0 Å². The van der Waals surface area contributed by atoms with E-state index in [-0.39, 0.29) is 5.56 Å². The lowest BCUT2D eigenvalue weighted by Gasteiger charge is -2.33. The van der Waals surface area contributed by atoms with E-state index in [9.17, 15) is 4.79 Å². The molecule has 0 fully saturated rings. The second-order valence-electron chi connectivity index (χ2n) is 8.79. The summed E-state index contributed by atoms with van der Waals surface area (Å²) in [6.45, 7) is 10.00. The van der Waals surface area contributed by atoms with Crippen LogP contribution in [-0.2, 0) is 20.0 Å². The Hall–Kier alpha value is -3.47. The molecule has 1 aromatic carbocycles. The molecule has 0 amide bonds. The maximum Gasteiger partial charge on any atom is 0.253 e. The third-order valence-corrected chi connectivity index (χ3v) is 6.28. The highest BCUT2D eigenvalue weighted by molar-refractivity contribution is 5.67. The average Bonchev–Trinajstić information content (AvgIpc) is 2.80. The summed E-state index contributed by atoms with van der Waals surface area (Å²) in [5.74, 6) is 0.681.